The normalized spacial score (nSPS) is 15.5. The van der Waals surface area contributed by atoms with Crippen LogP contribution in [0.3, 0.4) is 0 Å². The van der Waals surface area contributed by atoms with Gasteiger partial charge in [0.1, 0.15) is 5.75 Å². The Kier molecular flexibility index (Phi) is 6.01. The zero-order valence-corrected chi connectivity index (χ0v) is 21.2. The van der Waals surface area contributed by atoms with Crippen LogP contribution < -0.4 is 19.8 Å². The quantitative estimate of drug-likeness (QED) is 0.271. The van der Waals surface area contributed by atoms with E-state index in [0.29, 0.717) is 51.9 Å². The fourth-order valence-corrected chi connectivity index (χ4v) is 5.20. The van der Waals surface area contributed by atoms with Gasteiger partial charge in [-0.3, -0.25) is 9.20 Å². The third kappa shape index (κ3) is 4.39. The highest BCUT2D eigenvalue weighted by Gasteiger charge is 2.26. The predicted molar refractivity (Wildman–Crippen MR) is 143 cm³/mol. The average molecular weight is 501 g/mol. The van der Waals surface area contributed by atoms with E-state index in [4.69, 9.17) is 19.2 Å². The SMILES string of the molecule is COc1cc(C2CC2)ccc1-c1c(C=Cc2cccc(OC)c2OCC2CC2)nc2sccn2c1=O. The molecule has 0 bridgehead atoms. The van der Waals surface area contributed by atoms with Gasteiger partial charge in [0, 0.05) is 22.7 Å². The van der Waals surface area contributed by atoms with E-state index in [2.05, 4.69) is 12.1 Å². The summed E-state index contributed by atoms with van der Waals surface area (Å²) in [4.78, 5) is 19.2. The molecular formula is C29H28N2O4S. The van der Waals surface area contributed by atoms with Crippen LogP contribution in [0.1, 0.15) is 48.4 Å². The first kappa shape index (κ1) is 22.9. The standard InChI is InChI=1S/C29H28N2O4S/c1-33-24-5-3-4-20(27(24)35-17-18-6-7-18)11-13-23-26(28(32)31-14-15-36-29(31)30-23)22-12-10-21(19-8-9-19)16-25(22)34-2/h3-5,10-16,18-19H,6-9,17H2,1-2H3. The van der Waals surface area contributed by atoms with Crippen LogP contribution in [0, 0.1) is 5.92 Å². The first-order valence-electron chi connectivity index (χ1n) is 12.3. The highest BCUT2D eigenvalue weighted by Crippen LogP contribution is 2.43. The number of aromatic nitrogens is 2. The Balaban J connectivity index is 1.46. The molecule has 6 nitrogen and oxygen atoms in total. The molecule has 0 saturated heterocycles. The van der Waals surface area contributed by atoms with Crippen molar-refractivity contribution in [3.63, 3.8) is 0 Å². The average Bonchev–Trinajstić information content (AvgIpc) is 3.84. The van der Waals surface area contributed by atoms with Gasteiger partial charge in [-0.1, -0.05) is 24.3 Å². The molecule has 0 atom stereocenters. The van der Waals surface area contributed by atoms with Crippen molar-refractivity contribution in [2.75, 3.05) is 20.8 Å². The van der Waals surface area contributed by atoms with Gasteiger partial charge in [-0.15, -0.1) is 11.3 Å². The summed E-state index contributed by atoms with van der Waals surface area (Å²) in [5, 5.41) is 1.88. The molecule has 2 aliphatic rings. The first-order valence-corrected chi connectivity index (χ1v) is 13.2. The van der Waals surface area contributed by atoms with Crippen LogP contribution in [0.15, 0.2) is 52.8 Å². The topological polar surface area (TPSA) is 62.1 Å². The van der Waals surface area contributed by atoms with Crippen molar-refractivity contribution in [1.82, 2.24) is 9.38 Å². The summed E-state index contributed by atoms with van der Waals surface area (Å²) in [5.41, 5.74) is 3.88. The summed E-state index contributed by atoms with van der Waals surface area (Å²) in [6.45, 7) is 0.678. The number of ether oxygens (including phenoxy) is 3. The molecule has 7 heteroatoms. The van der Waals surface area contributed by atoms with Gasteiger partial charge in [-0.25, -0.2) is 4.98 Å². The number of methoxy groups -OCH3 is 2. The van der Waals surface area contributed by atoms with Gasteiger partial charge in [0.2, 0.25) is 0 Å². The molecule has 2 fully saturated rings. The lowest BCUT2D eigenvalue weighted by atomic mass is 9.99. The molecule has 0 spiro atoms. The molecule has 0 N–H and O–H groups in total. The third-order valence-corrected chi connectivity index (χ3v) is 7.60. The van der Waals surface area contributed by atoms with Crippen LogP contribution in [0.2, 0.25) is 0 Å². The van der Waals surface area contributed by atoms with E-state index in [-0.39, 0.29) is 5.56 Å². The van der Waals surface area contributed by atoms with Crippen molar-refractivity contribution in [2.45, 2.75) is 31.6 Å². The molecule has 2 heterocycles. The molecule has 0 amide bonds. The smallest absolute Gasteiger partial charge is 0.267 e. The molecule has 2 aliphatic carbocycles. The Morgan fingerprint density at radius 1 is 1.06 bits per heavy atom. The second-order valence-electron chi connectivity index (χ2n) is 9.43. The number of benzene rings is 2. The molecule has 2 aromatic carbocycles. The summed E-state index contributed by atoms with van der Waals surface area (Å²) in [6, 6.07) is 12.0. The van der Waals surface area contributed by atoms with E-state index in [1.807, 2.05) is 41.8 Å². The van der Waals surface area contributed by atoms with Gasteiger partial charge in [0.05, 0.1) is 32.1 Å². The van der Waals surface area contributed by atoms with Crippen LogP contribution in [0.5, 0.6) is 17.2 Å². The number of thiazole rings is 1. The van der Waals surface area contributed by atoms with Crippen LogP contribution in [0.4, 0.5) is 0 Å². The van der Waals surface area contributed by atoms with Crippen LogP contribution >= 0.6 is 11.3 Å². The Morgan fingerprint density at radius 2 is 1.89 bits per heavy atom. The monoisotopic (exact) mass is 500 g/mol. The van der Waals surface area contributed by atoms with Gasteiger partial charge >= 0.3 is 0 Å². The minimum atomic E-state index is -0.116. The third-order valence-electron chi connectivity index (χ3n) is 6.85. The Bertz CT molecular complexity index is 1510. The number of hydrogen-bond acceptors (Lipinski definition) is 6. The minimum Gasteiger partial charge on any atom is -0.496 e. The molecular weight excluding hydrogens is 472 g/mol. The molecule has 0 radical (unpaired) electrons. The highest BCUT2D eigenvalue weighted by atomic mass is 32.1. The molecule has 4 aromatic rings. The van der Waals surface area contributed by atoms with E-state index in [0.717, 1.165) is 11.1 Å². The lowest BCUT2D eigenvalue weighted by Crippen LogP contribution is -2.17. The zero-order chi connectivity index (χ0) is 24.6. The zero-order valence-electron chi connectivity index (χ0n) is 20.4. The van der Waals surface area contributed by atoms with Crippen molar-refractivity contribution >= 4 is 28.4 Å². The van der Waals surface area contributed by atoms with Crippen LogP contribution in [-0.2, 0) is 0 Å². The maximum Gasteiger partial charge on any atom is 0.267 e. The minimum absolute atomic E-state index is 0.116. The van der Waals surface area contributed by atoms with Gasteiger partial charge < -0.3 is 14.2 Å². The Morgan fingerprint density at radius 3 is 2.64 bits per heavy atom. The largest absolute Gasteiger partial charge is 0.496 e. The molecule has 2 saturated carbocycles. The molecule has 36 heavy (non-hydrogen) atoms. The summed E-state index contributed by atoms with van der Waals surface area (Å²) in [5.74, 6) is 3.31. The second kappa shape index (κ2) is 9.47. The van der Waals surface area contributed by atoms with Gasteiger partial charge in [-0.05, 0) is 67.4 Å². The maximum absolute atomic E-state index is 13.7. The lowest BCUT2D eigenvalue weighted by Gasteiger charge is -2.14. The number of para-hydroxylation sites is 1. The van der Waals surface area contributed by atoms with E-state index >= 15 is 0 Å². The molecule has 0 unspecified atom stereocenters. The molecule has 184 valence electrons. The van der Waals surface area contributed by atoms with Crippen LogP contribution in [-0.4, -0.2) is 30.2 Å². The summed E-state index contributed by atoms with van der Waals surface area (Å²) in [6.07, 6.45) is 10.4. The lowest BCUT2D eigenvalue weighted by molar-refractivity contribution is 0.280. The number of rotatable bonds is 9. The van der Waals surface area contributed by atoms with Crippen molar-refractivity contribution in [1.29, 1.82) is 0 Å². The van der Waals surface area contributed by atoms with E-state index in [1.165, 1.54) is 42.6 Å². The van der Waals surface area contributed by atoms with Gasteiger partial charge in [0.25, 0.3) is 5.56 Å². The Labute approximate surface area is 213 Å². The first-order chi connectivity index (χ1) is 17.7. The Hall–Kier alpha value is -3.58. The highest BCUT2D eigenvalue weighted by molar-refractivity contribution is 7.15. The van der Waals surface area contributed by atoms with Gasteiger partial charge in [-0.2, -0.15) is 0 Å². The van der Waals surface area contributed by atoms with Crippen molar-refractivity contribution in [2.24, 2.45) is 5.92 Å². The van der Waals surface area contributed by atoms with Crippen molar-refractivity contribution in [3.8, 4) is 28.4 Å². The van der Waals surface area contributed by atoms with E-state index in [9.17, 15) is 4.79 Å². The molecule has 2 aromatic heterocycles. The number of fused-ring (bicyclic) bond motifs is 1. The predicted octanol–water partition coefficient (Wildman–Crippen LogP) is 6.28. The fourth-order valence-electron chi connectivity index (χ4n) is 4.49. The van der Waals surface area contributed by atoms with Crippen molar-refractivity contribution in [3.05, 3.63) is 75.1 Å². The molecule has 6 rings (SSSR count). The van der Waals surface area contributed by atoms with E-state index in [1.54, 1.807) is 24.8 Å². The molecule has 0 aliphatic heterocycles. The maximum atomic E-state index is 13.7. The summed E-state index contributed by atoms with van der Waals surface area (Å²) in [7, 11) is 3.30. The fraction of sp³-hybridized carbons (Fsp3) is 0.310. The van der Waals surface area contributed by atoms with E-state index < -0.39 is 0 Å². The van der Waals surface area contributed by atoms with Crippen LogP contribution in [0.25, 0.3) is 28.2 Å². The number of nitrogens with zero attached hydrogens (tertiary/aromatic N) is 2. The summed E-state index contributed by atoms with van der Waals surface area (Å²) >= 11 is 1.44. The van der Waals surface area contributed by atoms with Gasteiger partial charge in [0.15, 0.2) is 16.5 Å². The number of hydrogen-bond donors (Lipinski definition) is 0. The second-order valence-corrected chi connectivity index (χ2v) is 10.3. The van der Waals surface area contributed by atoms with Crippen molar-refractivity contribution < 1.29 is 14.2 Å². The summed E-state index contributed by atoms with van der Waals surface area (Å²) < 4.78 is 19.1.